The van der Waals surface area contributed by atoms with Gasteiger partial charge in [0.1, 0.15) is 12.7 Å². The second kappa shape index (κ2) is 11.8. The van der Waals surface area contributed by atoms with E-state index in [-0.39, 0.29) is 23.7 Å². The number of rotatable bonds is 9. The molecule has 1 rings (SSSR count). The van der Waals surface area contributed by atoms with Crippen LogP contribution in [0.25, 0.3) is 0 Å². The summed E-state index contributed by atoms with van der Waals surface area (Å²) in [7, 11) is 0. The van der Waals surface area contributed by atoms with Gasteiger partial charge in [0, 0.05) is 11.3 Å². The van der Waals surface area contributed by atoms with Gasteiger partial charge in [-0.1, -0.05) is 44.7 Å². The third-order valence-electron chi connectivity index (χ3n) is 3.62. The van der Waals surface area contributed by atoms with E-state index in [4.69, 9.17) is 9.84 Å². The Hall–Kier alpha value is -3.86. The molecule has 0 radical (unpaired) electrons. The molecule has 0 aromatic carbocycles. The first-order valence-electron chi connectivity index (χ1n) is 8.82. The molecule has 0 spiro atoms. The molecule has 0 aromatic heterocycles. The minimum atomic E-state index is -1.18. The Morgan fingerprint density at radius 3 is 2.72 bits per heavy atom. The van der Waals surface area contributed by atoms with Crippen molar-refractivity contribution in [2.45, 2.75) is 20.3 Å². The number of allylic oxidation sites excluding steroid dienone is 9. The molecule has 1 saturated heterocycles. The molecule has 152 valence electrons. The van der Waals surface area contributed by atoms with Crippen molar-refractivity contribution in [2.75, 3.05) is 6.61 Å². The molecular formula is C21H23N3O5. The number of ketones is 1. The molecule has 0 bridgehead atoms. The fraction of sp³-hybridized carbons (Fsp3) is 0.238. The zero-order valence-corrected chi connectivity index (χ0v) is 16.3. The average molecular weight is 397 g/mol. The Kier molecular flexibility index (Phi) is 9.41. The summed E-state index contributed by atoms with van der Waals surface area (Å²) in [5.74, 6) is -0.825. The van der Waals surface area contributed by atoms with E-state index in [1.54, 1.807) is 25.2 Å². The van der Waals surface area contributed by atoms with Crippen molar-refractivity contribution in [3.05, 3.63) is 71.7 Å². The number of hydrogen-bond acceptors (Lipinski definition) is 5. The van der Waals surface area contributed by atoms with Crippen molar-refractivity contribution in [1.29, 1.82) is 5.26 Å². The number of Topliss-reactive ketones (excluding diaryl/α,β-unsaturated/α-hetero) is 1. The summed E-state index contributed by atoms with van der Waals surface area (Å²) in [5.41, 5.74) is 0.999. The van der Waals surface area contributed by atoms with Crippen molar-refractivity contribution in [3.8, 4) is 6.07 Å². The average Bonchev–Trinajstić information content (AvgIpc) is 3.09. The molecule has 3 N–H and O–H groups in total. The van der Waals surface area contributed by atoms with Crippen LogP contribution in [0.5, 0.6) is 0 Å². The summed E-state index contributed by atoms with van der Waals surface area (Å²) in [6.07, 6.45) is 9.61. The smallest absolute Gasteiger partial charge is 0.411 e. The van der Waals surface area contributed by atoms with Crippen LogP contribution in [0.3, 0.4) is 0 Å². The summed E-state index contributed by atoms with van der Waals surface area (Å²) in [6, 6.07) is 1.88. The number of ether oxygens (including phenoxy) is 1. The normalized spacial score (nSPS) is 17.5. The Morgan fingerprint density at radius 2 is 2.21 bits per heavy atom. The monoisotopic (exact) mass is 397 g/mol. The van der Waals surface area contributed by atoms with Gasteiger partial charge in [-0.05, 0) is 30.6 Å². The van der Waals surface area contributed by atoms with Gasteiger partial charge in [0.25, 0.3) is 0 Å². The van der Waals surface area contributed by atoms with E-state index in [9.17, 15) is 19.6 Å². The number of nitriles is 1. The molecule has 2 amide bonds. The van der Waals surface area contributed by atoms with Crippen LogP contribution in [0.2, 0.25) is 0 Å². The van der Waals surface area contributed by atoms with Gasteiger partial charge in [-0.3, -0.25) is 15.4 Å². The first-order valence-corrected chi connectivity index (χ1v) is 8.82. The number of carbonyl (C=O) groups excluding carboxylic acids is 2. The first-order chi connectivity index (χ1) is 13.8. The van der Waals surface area contributed by atoms with Crippen LogP contribution < -0.4 is 10.6 Å². The molecule has 1 aliphatic rings. The molecule has 29 heavy (non-hydrogen) atoms. The van der Waals surface area contributed by atoms with Crippen LogP contribution in [0.4, 0.5) is 9.59 Å². The highest BCUT2D eigenvalue weighted by atomic mass is 16.6. The molecule has 1 atom stereocenters. The third kappa shape index (κ3) is 8.13. The van der Waals surface area contributed by atoms with Crippen LogP contribution in [-0.2, 0) is 9.53 Å². The van der Waals surface area contributed by atoms with Gasteiger partial charge in [0.2, 0.25) is 5.78 Å². The van der Waals surface area contributed by atoms with Crippen LogP contribution in [0, 0.1) is 17.2 Å². The van der Waals surface area contributed by atoms with Crippen LogP contribution in [0.1, 0.15) is 20.3 Å². The van der Waals surface area contributed by atoms with Crippen molar-refractivity contribution >= 4 is 18.0 Å². The Morgan fingerprint density at radius 1 is 1.48 bits per heavy atom. The fourth-order valence-electron chi connectivity index (χ4n) is 2.26. The summed E-state index contributed by atoms with van der Waals surface area (Å²) in [4.78, 5) is 34.4. The molecule has 0 saturated carbocycles. The maximum Gasteiger partial charge on any atom is 0.411 e. The highest BCUT2D eigenvalue weighted by molar-refractivity contribution is 6.12. The van der Waals surface area contributed by atoms with E-state index in [1.165, 1.54) is 24.3 Å². The highest BCUT2D eigenvalue weighted by Gasteiger charge is 2.16. The molecule has 1 unspecified atom stereocenters. The molecule has 1 heterocycles. The Bertz CT molecular complexity index is 869. The third-order valence-corrected chi connectivity index (χ3v) is 3.62. The zero-order chi connectivity index (χ0) is 21.8. The van der Waals surface area contributed by atoms with E-state index in [0.717, 1.165) is 0 Å². The fourth-order valence-corrected chi connectivity index (χ4v) is 2.26. The van der Waals surface area contributed by atoms with Crippen molar-refractivity contribution in [3.63, 3.8) is 0 Å². The van der Waals surface area contributed by atoms with E-state index >= 15 is 0 Å². The summed E-state index contributed by atoms with van der Waals surface area (Å²) >= 11 is 0. The summed E-state index contributed by atoms with van der Waals surface area (Å²) < 4.78 is 4.72. The second-order valence-corrected chi connectivity index (χ2v) is 5.96. The zero-order valence-electron chi connectivity index (χ0n) is 16.3. The molecule has 1 fully saturated rings. The maximum atomic E-state index is 12.6. The summed E-state index contributed by atoms with van der Waals surface area (Å²) in [6.45, 7) is 7.29. The van der Waals surface area contributed by atoms with Crippen LogP contribution in [-0.4, -0.2) is 29.7 Å². The van der Waals surface area contributed by atoms with Gasteiger partial charge in [-0.25, -0.2) is 9.59 Å². The largest absolute Gasteiger partial charge is 0.465 e. The standard InChI is InChI=1S/C21H23N3O5/c1-4-6-17(23-20(26)27)9-7-14(3)11-16(12-22)19(25)15(5-2)8-10-18-13-29-21(28)24-18/h5-11,14,23H,2,4,13H2,1,3H3,(H,24,28)(H,26,27)/b9-7-,15-8+,16-11+,17-6+,18-10+. The van der Waals surface area contributed by atoms with Gasteiger partial charge in [-0.15, -0.1) is 0 Å². The Balaban J connectivity index is 2.97. The van der Waals surface area contributed by atoms with E-state index < -0.39 is 18.0 Å². The number of hydrogen-bond donors (Lipinski definition) is 3. The van der Waals surface area contributed by atoms with Crippen LogP contribution >= 0.6 is 0 Å². The number of cyclic esters (lactones) is 1. The lowest BCUT2D eigenvalue weighted by atomic mass is 9.99. The van der Waals surface area contributed by atoms with Gasteiger partial charge < -0.3 is 9.84 Å². The topological polar surface area (TPSA) is 129 Å². The number of alkyl carbamates (subject to hydrolysis) is 1. The molecule has 8 heteroatoms. The predicted octanol–water partition coefficient (Wildman–Crippen LogP) is 3.50. The molecule has 8 nitrogen and oxygen atoms in total. The van der Waals surface area contributed by atoms with Crippen molar-refractivity contribution in [1.82, 2.24) is 10.6 Å². The minimum absolute atomic E-state index is 0.0781. The van der Waals surface area contributed by atoms with Crippen molar-refractivity contribution in [2.24, 2.45) is 5.92 Å². The maximum absolute atomic E-state index is 12.6. The number of carbonyl (C=O) groups is 3. The lowest BCUT2D eigenvalue weighted by Crippen LogP contribution is -2.18. The van der Waals surface area contributed by atoms with Crippen LogP contribution in [0.15, 0.2) is 71.7 Å². The number of carboxylic acid groups (broad SMARTS) is 1. The van der Waals surface area contributed by atoms with E-state index in [1.807, 2.05) is 13.0 Å². The lowest BCUT2D eigenvalue weighted by molar-refractivity contribution is -0.111. The quantitative estimate of drug-likeness (QED) is 0.310. The second-order valence-electron chi connectivity index (χ2n) is 5.96. The Labute approximate surface area is 169 Å². The molecule has 0 aromatic rings. The first kappa shape index (κ1) is 23.2. The minimum Gasteiger partial charge on any atom is -0.465 e. The number of nitrogens with one attached hydrogen (secondary N) is 2. The lowest BCUT2D eigenvalue weighted by Gasteiger charge is -2.05. The highest BCUT2D eigenvalue weighted by Crippen LogP contribution is 2.13. The summed E-state index contributed by atoms with van der Waals surface area (Å²) in [5, 5.41) is 22.9. The molecular weight excluding hydrogens is 374 g/mol. The van der Waals surface area contributed by atoms with Gasteiger partial charge in [-0.2, -0.15) is 5.26 Å². The molecule has 1 aliphatic heterocycles. The van der Waals surface area contributed by atoms with Gasteiger partial charge in [0.05, 0.1) is 11.3 Å². The SMILES string of the molecule is C=C/C(=C\C=C1/COC(=O)N1)C(=O)/C(C#N)=C/C(C)/C=C\C(=C/CC)NC(=O)O. The van der Waals surface area contributed by atoms with Crippen molar-refractivity contribution < 1.29 is 24.2 Å². The van der Waals surface area contributed by atoms with E-state index in [2.05, 4.69) is 17.2 Å². The molecule has 0 aliphatic carbocycles. The van der Waals surface area contributed by atoms with Gasteiger partial charge in [0.15, 0.2) is 0 Å². The van der Waals surface area contributed by atoms with E-state index in [0.29, 0.717) is 17.8 Å². The van der Waals surface area contributed by atoms with Gasteiger partial charge >= 0.3 is 12.2 Å². The predicted molar refractivity (Wildman–Crippen MR) is 107 cm³/mol. The number of amides is 2. The number of nitrogens with zero attached hydrogens (tertiary/aromatic N) is 1.